The minimum Gasteiger partial charge on any atom is -0.464 e. The Labute approximate surface area is 177 Å². The SMILES string of the molecule is CCOC(=O)C1(N(C(=O)CC)c2ccccc2)CCN(CCc2cccs2)CC1. The van der Waals surface area contributed by atoms with Crippen LogP contribution in [0.2, 0.25) is 0 Å². The number of nitrogens with zero attached hydrogens (tertiary/aromatic N) is 2. The van der Waals surface area contributed by atoms with Gasteiger partial charge in [-0.3, -0.25) is 9.69 Å². The number of carbonyl (C=O) groups is 2. The van der Waals surface area contributed by atoms with E-state index in [2.05, 4.69) is 22.4 Å². The van der Waals surface area contributed by atoms with Crippen LogP contribution in [-0.4, -0.2) is 48.6 Å². The van der Waals surface area contributed by atoms with Gasteiger partial charge in [0.25, 0.3) is 0 Å². The van der Waals surface area contributed by atoms with Crippen LogP contribution in [0.25, 0.3) is 0 Å². The number of carbonyl (C=O) groups excluding carboxylic acids is 2. The van der Waals surface area contributed by atoms with Crippen LogP contribution in [0.15, 0.2) is 47.8 Å². The number of hydrogen-bond acceptors (Lipinski definition) is 5. The Bertz CT molecular complexity index is 784. The molecule has 0 spiro atoms. The number of amides is 1. The molecule has 6 heteroatoms. The monoisotopic (exact) mass is 414 g/mol. The summed E-state index contributed by atoms with van der Waals surface area (Å²) < 4.78 is 5.49. The molecule has 0 atom stereocenters. The van der Waals surface area contributed by atoms with Gasteiger partial charge in [-0.15, -0.1) is 11.3 Å². The van der Waals surface area contributed by atoms with Crippen LogP contribution >= 0.6 is 11.3 Å². The van der Waals surface area contributed by atoms with Crippen molar-refractivity contribution in [1.82, 2.24) is 4.90 Å². The number of rotatable bonds is 8. The fourth-order valence-corrected chi connectivity index (χ4v) is 4.72. The van der Waals surface area contributed by atoms with E-state index in [4.69, 9.17) is 4.74 Å². The van der Waals surface area contributed by atoms with Gasteiger partial charge in [-0.1, -0.05) is 31.2 Å². The normalized spacial score (nSPS) is 16.3. The van der Waals surface area contributed by atoms with Crippen LogP contribution in [0.5, 0.6) is 0 Å². The average Bonchev–Trinajstić information content (AvgIpc) is 3.28. The molecule has 29 heavy (non-hydrogen) atoms. The lowest BCUT2D eigenvalue weighted by Crippen LogP contribution is -2.63. The van der Waals surface area contributed by atoms with E-state index in [0.717, 1.165) is 31.7 Å². The largest absolute Gasteiger partial charge is 0.464 e. The number of benzene rings is 1. The quantitative estimate of drug-likeness (QED) is 0.610. The molecule has 1 aliphatic rings. The van der Waals surface area contributed by atoms with Gasteiger partial charge in [-0.25, -0.2) is 4.79 Å². The van der Waals surface area contributed by atoms with Gasteiger partial charge in [-0.2, -0.15) is 0 Å². The number of esters is 1. The fourth-order valence-electron chi connectivity index (χ4n) is 4.02. The van der Waals surface area contributed by atoms with Gasteiger partial charge in [0.2, 0.25) is 5.91 Å². The van der Waals surface area contributed by atoms with Gasteiger partial charge in [0.1, 0.15) is 5.54 Å². The molecule has 1 aromatic heterocycles. The Morgan fingerprint density at radius 2 is 1.83 bits per heavy atom. The molecule has 1 aromatic carbocycles. The molecular formula is C23H30N2O3S. The zero-order valence-electron chi connectivity index (χ0n) is 17.3. The summed E-state index contributed by atoms with van der Waals surface area (Å²) in [7, 11) is 0. The van der Waals surface area contributed by atoms with E-state index >= 15 is 0 Å². The van der Waals surface area contributed by atoms with E-state index in [-0.39, 0.29) is 11.9 Å². The van der Waals surface area contributed by atoms with Crippen LogP contribution in [0.3, 0.4) is 0 Å². The smallest absolute Gasteiger partial charge is 0.332 e. The Balaban J connectivity index is 1.82. The van der Waals surface area contributed by atoms with Crippen molar-refractivity contribution in [3.05, 3.63) is 52.7 Å². The Morgan fingerprint density at radius 1 is 1.10 bits per heavy atom. The lowest BCUT2D eigenvalue weighted by molar-refractivity contribution is -0.153. The van der Waals surface area contributed by atoms with E-state index in [9.17, 15) is 9.59 Å². The molecule has 2 heterocycles. The third kappa shape index (κ3) is 4.87. The van der Waals surface area contributed by atoms with Crippen molar-refractivity contribution >= 4 is 28.9 Å². The van der Waals surface area contributed by atoms with Crippen molar-refractivity contribution in [1.29, 1.82) is 0 Å². The first-order chi connectivity index (χ1) is 14.1. The van der Waals surface area contributed by atoms with Gasteiger partial charge < -0.3 is 9.64 Å². The van der Waals surface area contributed by atoms with E-state index < -0.39 is 5.54 Å². The van der Waals surface area contributed by atoms with Crippen LogP contribution in [0, 0.1) is 0 Å². The maximum absolute atomic E-state index is 13.2. The molecule has 0 radical (unpaired) electrons. The fraction of sp³-hybridized carbons (Fsp3) is 0.478. The van der Waals surface area contributed by atoms with Gasteiger partial charge in [-0.05, 0) is 49.8 Å². The molecule has 0 bridgehead atoms. The summed E-state index contributed by atoms with van der Waals surface area (Å²) in [4.78, 5) is 31.6. The van der Waals surface area contributed by atoms with E-state index in [0.29, 0.717) is 25.9 Å². The van der Waals surface area contributed by atoms with Crippen molar-refractivity contribution < 1.29 is 14.3 Å². The van der Waals surface area contributed by atoms with E-state index in [1.165, 1.54) is 4.88 Å². The molecule has 0 aliphatic carbocycles. The van der Waals surface area contributed by atoms with Crippen LogP contribution in [0.4, 0.5) is 5.69 Å². The molecule has 5 nitrogen and oxygen atoms in total. The molecule has 0 saturated carbocycles. The van der Waals surface area contributed by atoms with Crippen molar-refractivity contribution in [3.63, 3.8) is 0 Å². The minimum absolute atomic E-state index is 0.0451. The number of ether oxygens (including phenoxy) is 1. The second-order valence-corrected chi connectivity index (χ2v) is 8.37. The highest BCUT2D eigenvalue weighted by Crippen LogP contribution is 2.35. The summed E-state index contributed by atoms with van der Waals surface area (Å²) in [5, 5.41) is 2.10. The topological polar surface area (TPSA) is 49.9 Å². The second kappa shape index (κ2) is 10.0. The van der Waals surface area contributed by atoms with Crippen LogP contribution in [0.1, 0.15) is 38.0 Å². The summed E-state index contributed by atoms with van der Waals surface area (Å²) in [5.74, 6) is -0.333. The van der Waals surface area contributed by atoms with Gasteiger partial charge in [0.05, 0.1) is 6.61 Å². The Morgan fingerprint density at radius 3 is 2.41 bits per heavy atom. The van der Waals surface area contributed by atoms with Crippen molar-refractivity contribution in [2.45, 2.75) is 45.1 Å². The molecule has 1 amide bonds. The molecule has 0 unspecified atom stereocenters. The maximum atomic E-state index is 13.2. The van der Waals surface area contributed by atoms with Crippen molar-refractivity contribution in [3.8, 4) is 0 Å². The standard InChI is InChI=1S/C23H30N2O3S/c1-3-21(26)25(19-9-6-5-7-10-19)23(22(27)28-4-2)13-16-24(17-14-23)15-12-20-11-8-18-29-20/h5-11,18H,3-4,12-17H2,1-2H3. The van der Waals surface area contributed by atoms with Gasteiger partial charge >= 0.3 is 5.97 Å². The number of hydrogen-bond donors (Lipinski definition) is 0. The Hall–Kier alpha value is -2.18. The summed E-state index contributed by atoms with van der Waals surface area (Å²) in [5.41, 5.74) is -0.177. The van der Waals surface area contributed by atoms with Crippen LogP contribution < -0.4 is 4.90 Å². The first-order valence-electron chi connectivity index (χ1n) is 10.4. The number of anilines is 1. The number of piperidine rings is 1. The van der Waals surface area contributed by atoms with Crippen LogP contribution in [-0.2, 0) is 20.7 Å². The predicted octanol–water partition coefficient (Wildman–Crippen LogP) is 4.13. The average molecular weight is 415 g/mol. The number of para-hydroxylation sites is 1. The summed E-state index contributed by atoms with van der Waals surface area (Å²) in [6.07, 6.45) is 2.52. The highest BCUT2D eigenvalue weighted by atomic mass is 32.1. The molecule has 1 fully saturated rings. The summed E-state index contributed by atoms with van der Waals surface area (Å²) in [6, 6.07) is 13.8. The highest BCUT2D eigenvalue weighted by Gasteiger charge is 2.49. The lowest BCUT2D eigenvalue weighted by atomic mass is 9.84. The second-order valence-electron chi connectivity index (χ2n) is 7.34. The molecule has 156 valence electrons. The molecule has 0 N–H and O–H groups in total. The molecule has 1 aliphatic heterocycles. The maximum Gasteiger partial charge on any atom is 0.332 e. The lowest BCUT2D eigenvalue weighted by Gasteiger charge is -2.46. The first-order valence-corrected chi connectivity index (χ1v) is 11.3. The number of likely N-dealkylation sites (tertiary alicyclic amines) is 1. The molecule has 3 rings (SSSR count). The Kier molecular flexibility index (Phi) is 7.45. The third-order valence-corrected chi connectivity index (χ3v) is 6.52. The first kappa shape index (κ1) is 21.5. The van der Waals surface area contributed by atoms with Crippen molar-refractivity contribution in [2.75, 3.05) is 31.1 Å². The zero-order valence-corrected chi connectivity index (χ0v) is 18.1. The summed E-state index contributed by atoms with van der Waals surface area (Å²) in [6.45, 7) is 6.47. The molecular weight excluding hydrogens is 384 g/mol. The van der Waals surface area contributed by atoms with Crippen molar-refractivity contribution in [2.24, 2.45) is 0 Å². The van der Waals surface area contributed by atoms with E-state index in [1.807, 2.05) is 44.2 Å². The molecule has 2 aromatic rings. The molecule has 1 saturated heterocycles. The third-order valence-electron chi connectivity index (χ3n) is 5.59. The number of thiophene rings is 1. The summed E-state index contributed by atoms with van der Waals surface area (Å²) >= 11 is 1.78. The van der Waals surface area contributed by atoms with E-state index in [1.54, 1.807) is 16.2 Å². The predicted molar refractivity (Wildman–Crippen MR) is 117 cm³/mol. The van der Waals surface area contributed by atoms with Gasteiger partial charge in [0.15, 0.2) is 0 Å². The highest BCUT2D eigenvalue weighted by molar-refractivity contribution is 7.09. The van der Waals surface area contributed by atoms with Gasteiger partial charge in [0, 0.05) is 36.6 Å². The zero-order chi connectivity index (χ0) is 20.7. The minimum atomic E-state index is -0.941.